The van der Waals surface area contributed by atoms with Crippen LogP contribution in [0.1, 0.15) is 40.0 Å². The second-order valence-electron chi connectivity index (χ2n) is 3.53. The summed E-state index contributed by atoms with van der Waals surface area (Å²) in [6.07, 6.45) is 3.91. The summed E-state index contributed by atoms with van der Waals surface area (Å²) in [6.45, 7) is 9.68. The zero-order chi connectivity index (χ0) is 14.4. The maximum Gasteiger partial charge on any atom is 0.373 e. The van der Waals surface area contributed by atoms with Crippen LogP contribution in [0.3, 0.4) is 0 Å². The molecule has 0 amide bonds. The number of esters is 1. The highest BCUT2D eigenvalue weighted by Gasteiger charge is 2.36. The minimum atomic E-state index is -0.499. The Morgan fingerprint density at radius 2 is 1.94 bits per heavy atom. The molecular weight excluding hydrogens is 232 g/mol. The van der Waals surface area contributed by atoms with Crippen molar-refractivity contribution in [2.75, 3.05) is 6.61 Å². The smallest absolute Gasteiger partial charge is 0.373 e. The molecule has 0 aromatic carbocycles. The van der Waals surface area contributed by atoms with E-state index in [4.69, 9.17) is 14.3 Å². The number of ether oxygens (including phenoxy) is 1. The molecule has 1 atom stereocenters. The van der Waals surface area contributed by atoms with Gasteiger partial charge >= 0.3 is 12.1 Å². The number of carbonyl (C=O) groups is 1. The van der Waals surface area contributed by atoms with Gasteiger partial charge in [-0.3, -0.25) is 4.79 Å². The van der Waals surface area contributed by atoms with Crippen LogP contribution in [0.5, 0.6) is 0 Å². The van der Waals surface area contributed by atoms with Gasteiger partial charge in [-0.25, -0.2) is 0 Å². The zero-order valence-corrected chi connectivity index (χ0v) is 11.2. The van der Waals surface area contributed by atoms with Crippen LogP contribution in [0, 0.1) is 17.3 Å². The molecule has 0 N–H and O–H groups in total. The predicted octanol–water partition coefficient (Wildman–Crippen LogP) is 2.35. The van der Waals surface area contributed by atoms with E-state index in [0.29, 0.717) is 19.4 Å². The van der Waals surface area contributed by atoms with E-state index < -0.39 is 5.41 Å². The summed E-state index contributed by atoms with van der Waals surface area (Å²) in [6, 6.07) is 0. The summed E-state index contributed by atoms with van der Waals surface area (Å²) >= 11 is 0. The van der Waals surface area contributed by atoms with Gasteiger partial charge in [0.1, 0.15) is 0 Å². The summed E-state index contributed by atoms with van der Waals surface area (Å²) in [5, 5.41) is 0. The molecule has 4 heteroatoms. The molecule has 0 aromatic heterocycles. The monoisotopic (exact) mass is 252 g/mol. The molecule has 1 unspecified atom stereocenters. The lowest BCUT2D eigenvalue weighted by Crippen LogP contribution is -2.31. The van der Waals surface area contributed by atoms with Crippen molar-refractivity contribution < 1.29 is 19.1 Å². The van der Waals surface area contributed by atoms with E-state index in [-0.39, 0.29) is 12.1 Å². The quantitative estimate of drug-likeness (QED) is 0.413. The van der Waals surface area contributed by atoms with Crippen molar-refractivity contribution in [3.8, 4) is 11.8 Å². The van der Waals surface area contributed by atoms with Crippen LogP contribution in [0.4, 0.5) is 0 Å². The molecule has 0 heterocycles. The number of carbonyl (C=O) groups excluding carboxylic acids is 3. The molecule has 4 nitrogen and oxygen atoms in total. The average molecular weight is 252 g/mol. The third-order valence-electron chi connectivity index (χ3n) is 2.52. The fourth-order valence-corrected chi connectivity index (χ4v) is 1.46. The Morgan fingerprint density at radius 1 is 1.39 bits per heavy atom. The lowest BCUT2D eigenvalue weighted by Gasteiger charge is -2.26. The molecular formula is C14H20O4. The number of hydrogen-bond donors (Lipinski definition) is 0. The van der Waals surface area contributed by atoms with Crippen molar-refractivity contribution in [1.29, 1.82) is 0 Å². The van der Waals surface area contributed by atoms with Gasteiger partial charge in [0.2, 0.25) is 0 Å². The molecule has 18 heavy (non-hydrogen) atoms. The van der Waals surface area contributed by atoms with Gasteiger partial charge in [-0.15, -0.1) is 18.4 Å². The second-order valence-corrected chi connectivity index (χ2v) is 3.53. The minimum absolute atomic E-state index is 0.157. The minimum Gasteiger partial charge on any atom is -0.466 e. The van der Waals surface area contributed by atoms with E-state index in [1.54, 1.807) is 13.0 Å². The van der Waals surface area contributed by atoms with Gasteiger partial charge in [0.15, 0.2) is 0 Å². The van der Waals surface area contributed by atoms with Crippen molar-refractivity contribution in [3.05, 3.63) is 12.7 Å². The van der Waals surface area contributed by atoms with E-state index in [1.165, 1.54) is 0 Å². The van der Waals surface area contributed by atoms with Crippen molar-refractivity contribution >= 4 is 12.1 Å². The molecule has 0 aliphatic heterocycles. The summed E-state index contributed by atoms with van der Waals surface area (Å²) in [5.41, 5.74) is -0.499. The number of hydrogen-bond acceptors (Lipinski definition) is 4. The fourth-order valence-electron chi connectivity index (χ4n) is 1.46. The van der Waals surface area contributed by atoms with E-state index in [1.807, 2.05) is 13.8 Å². The molecule has 0 spiro atoms. The predicted molar refractivity (Wildman–Crippen MR) is 67.2 cm³/mol. The van der Waals surface area contributed by atoms with Crippen LogP contribution < -0.4 is 0 Å². The van der Waals surface area contributed by atoms with E-state index in [0.717, 1.165) is 6.42 Å². The molecule has 0 rings (SSSR count). The standard InChI is InChI=1S/C13H20O2.CO2/c1-5-9-11-13(7-3,10-6-2)12(14)15-8-4;2-1-3/h6H,2,7-8,10-11H2,1,3-4H3;. The Kier molecular flexibility index (Phi) is 12.0. The van der Waals surface area contributed by atoms with Crippen LogP contribution in [0.15, 0.2) is 12.7 Å². The van der Waals surface area contributed by atoms with Crippen LogP contribution in [-0.4, -0.2) is 18.7 Å². The normalized spacial score (nSPS) is 11.5. The highest BCUT2D eigenvalue weighted by Crippen LogP contribution is 2.32. The first kappa shape index (κ1) is 18.5. The van der Waals surface area contributed by atoms with Crippen LogP contribution >= 0.6 is 0 Å². The van der Waals surface area contributed by atoms with Crippen molar-refractivity contribution in [1.82, 2.24) is 0 Å². The van der Waals surface area contributed by atoms with Gasteiger partial charge in [-0.1, -0.05) is 13.0 Å². The lowest BCUT2D eigenvalue weighted by atomic mass is 9.79. The Bertz CT molecular complexity index is 343. The molecule has 0 saturated carbocycles. The lowest BCUT2D eigenvalue weighted by molar-refractivity contribution is -0.191. The van der Waals surface area contributed by atoms with Crippen molar-refractivity contribution in [3.63, 3.8) is 0 Å². The Morgan fingerprint density at radius 3 is 2.28 bits per heavy atom. The third kappa shape index (κ3) is 6.67. The van der Waals surface area contributed by atoms with Gasteiger partial charge in [0.05, 0.1) is 12.0 Å². The molecule has 0 fully saturated rings. The van der Waals surface area contributed by atoms with Crippen molar-refractivity contribution in [2.45, 2.75) is 40.0 Å². The molecule has 0 saturated heterocycles. The first-order valence-electron chi connectivity index (χ1n) is 5.75. The highest BCUT2D eigenvalue weighted by molar-refractivity contribution is 5.77. The fraction of sp³-hybridized carbons (Fsp3) is 0.571. The summed E-state index contributed by atoms with van der Waals surface area (Å²) in [4.78, 5) is 28.1. The van der Waals surface area contributed by atoms with Gasteiger partial charge in [-0.2, -0.15) is 9.59 Å². The van der Waals surface area contributed by atoms with Crippen LogP contribution in [0.25, 0.3) is 0 Å². The van der Waals surface area contributed by atoms with Crippen LogP contribution in [-0.2, 0) is 19.1 Å². The maximum atomic E-state index is 11.9. The first-order valence-corrected chi connectivity index (χ1v) is 5.75. The van der Waals surface area contributed by atoms with Gasteiger partial charge in [0, 0.05) is 6.42 Å². The summed E-state index contributed by atoms with van der Waals surface area (Å²) in [7, 11) is 0. The molecule has 0 aliphatic rings. The van der Waals surface area contributed by atoms with E-state index >= 15 is 0 Å². The van der Waals surface area contributed by atoms with Crippen LogP contribution in [0.2, 0.25) is 0 Å². The first-order chi connectivity index (χ1) is 8.58. The molecule has 0 aromatic rings. The average Bonchev–Trinajstić information content (AvgIpc) is 2.36. The molecule has 0 bridgehead atoms. The summed E-state index contributed by atoms with van der Waals surface area (Å²) in [5.74, 6) is 5.63. The number of rotatable bonds is 6. The molecule has 100 valence electrons. The maximum absolute atomic E-state index is 11.9. The van der Waals surface area contributed by atoms with Gasteiger partial charge in [0.25, 0.3) is 0 Å². The Hall–Kier alpha value is -1.85. The third-order valence-corrected chi connectivity index (χ3v) is 2.52. The Balaban J connectivity index is 0. The number of allylic oxidation sites excluding steroid dienone is 1. The summed E-state index contributed by atoms with van der Waals surface area (Å²) < 4.78 is 5.09. The van der Waals surface area contributed by atoms with Crippen molar-refractivity contribution in [2.24, 2.45) is 5.41 Å². The van der Waals surface area contributed by atoms with E-state index in [2.05, 4.69) is 18.4 Å². The highest BCUT2D eigenvalue weighted by atomic mass is 16.5. The topological polar surface area (TPSA) is 60.4 Å². The van der Waals surface area contributed by atoms with Gasteiger partial charge in [-0.05, 0) is 26.7 Å². The second kappa shape index (κ2) is 11.6. The van der Waals surface area contributed by atoms with E-state index in [9.17, 15) is 4.79 Å². The van der Waals surface area contributed by atoms with Gasteiger partial charge < -0.3 is 4.74 Å². The molecule has 0 radical (unpaired) electrons. The molecule has 0 aliphatic carbocycles. The zero-order valence-electron chi connectivity index (χ0n) is 11.2. The Labute approximate surface area is 108 Å². The SMILES string of the molecule is C=CCC(CC)(CC#CC)C(=O)OCC.O=C=O. The largest absolute Gasteiger partial charge is 0.466 e.